The Bertz CT molecular complexity index is 810. The monoisotopic (exact) mass is 320 g/mol. The second-order valence-corrected chi connectivity index (χ2v) is 6.14. The second-order valence-electron chi connectivity index (χ2n) is 6.14. The van der Waals surface area contributed by atoms with Gasteiger partial charge in [0, 0.05) is 16.8 Å². The molecule has 4 rings (SSSR count). The van der Waals surface area contributed by atoms with E-state index in [9.17, 15) is 0 Å². The Morgan fingerprint density at radius 2 is 2.00 bits per heavy atom. The number of ether oxygens (including phenoxy) is 1. The summed E-state index contributed by atoms with van der Waals surface area (Å²) in [4.78, 5) is 4.18. The zero-order chi connectivity index (χ0) is 16.4. The zero-order valence-electron chi connectivity index (χ0n) is 13.7. The van der Waals surface area contributed by atoms with Crippen molar-refractivity contribution < 1.29 is 9.15 Å². The summed E-state index contributed by atoms with van der Waals surface area (Å²) >= 11 is 0. The van der Waals surface area contributed by atoms with Gasteiger partial charge in [-0.1, -0.05) is 12.1 Å². The van der Waals surface area contributed by atoms with Crippen molar-refractivity contribution in [3.8, 4) is 17.2 Å². The van der Waals surface area contributed by atoms with Crippen LogP contribution in [0.15, 0.2) is 59.3 Å². The minimum atomic E-state index is 0.260. The summed E-state index contributed by atoms with van der Waals surface area (Å²) in [5, 5.41) is 3.64. The quantitative estimate of drug-likeness (QED) is 0.739. The van der Waals surface area contributed by atoms with Gasteiger partial charge in [-0.25, -0.2) is 4.98 Å². The average molecular weight is 320 g/mol. The van der Waals surface area contributed by atoms with Gasteiger partial charge in [-0.05, 0) is 55.7 Å². The van der Waals surface area contributed by atoms with Crippen molar-refractivity contribution in [1.29, 1.82) is 0 Å². The molecular formula is C20H20N2O2. The number of nitrogens with zero attached hydrogens (tertiary/aromatic N) is 1. The van der Waals surface area contributed by atoms with Crippen LogP contribution in [0.3, 0.4) is 0 Å². The molecule has 0 saturated carbocycles. The smallest absolute Gasteiger partial charge is 0.225 e. The maximum absolute atomic E-state index is 5.90. The van der Waals surface area contributed by atoms with Crippen LogP contribution >= 0.6 is 0 Å². The first-order chi connectivity index (χ1) is 11.8. The summed E-state index contributed by atoms with van der Waals surface area (Å²) in [7, 11) is 0. The number of hydrogen-bond acceptors (Lipinski definition) is 4. The van der Waals surface area contributed by atoms with Crippen LogP contribution in [0.25, 0.3) is 11.5 Å². The number of rotatable bonds is 3. The molecular weight excluding hydrogens is 300 g/mol. The lowest BCUT2D eigenvalue weighted by Gasteiger charge is -2.20. The molecule has 1 N–H and O–H groups in total. The standard InChI is InChI=1S/C20H20N2O2/c1-14-4-9-17-18(3-2-11-23-19(17)13-14)22-16-7-5-15(6-8-16)20-21-10-12-24-20/h4-10,12-13,18,22H,2-3,11H2,1H3. The molecule has 24 heavy (non-hydrogen) atoms. The van der Waals surface area contributed by atoms with E-state index in [4.69, 9.17) is 9.15 Å². The summed E-state index contributed by atoms with van der Waals surface area (Å²) in [6.45, 7) is 2.87. The summed E-state index contributed by atoms with van der Waals surface area (Å²) < 4.78 is 11.2. The van der Waals surface area contributed by atoms with Crippen LogP contribution in [-0.2, 0) is 0 Å². The van der Waals surface area contributed by atoms with E-state index in [2.05, 4.69) is 47.6 Å². The van der Waals surface area contributed by atoms with E-state index in [1.54, 1.807) is 12.5 Å². The van der Waals surface area contributed by atoms with Gasteiger partial charge in [0.2, 0.25) is 5.89 Å². The van der Waals surface area contributed by atoms with E-state index >= 15 is 0 Å². The lowest BCUT2D eigenvalue weighted by molar-refractivity contribution is 0.316. The molecule has 0 bridgehead atoms. The first-order valence-corrected chi connectivity index (χ1v) is 8.29. The van der Waals surface area contributed by atoms with Crippen LogP contribution in [0.4, 0.5) is 5.69 Å². The molecule has 1 aliphatic heterocycles. The number of aromatic nitrogens is 1. The average Bonchev–Trinajstić information content (AvgIpc) is 3.06. The van der Waals surface area contributed by atoms with E-state index in [0.717, 1.165) is 36.4 Å². The van der Waals surface area contributed by atoms with Crippen molar-refractivity contribution in [2.75, 3.05) is 11.9 Å². The van der Waals surface area contributed by atoms with Crippen molar-refractivity contribution in [3.05, 3.63) is 66.1 Å². The minimum absolute atomic E-state index is 0.260. The van der Waals surface area contributed by atoms with E-state index in [1.807, 2.05) is 12.1 Å². The Hall–Kier alpha value is -2.75. The van der Waals surface area contributed by atoms with Crippen LogP contribution in [0.2, 0.25) is 0 Å². The number of nitrogens with one attached hydrogen (secondary N) is 1. The lowest BCUT2D eigenvalue weighted by Crippen LogP contribution is -2.10. The molecule has 1 unspecified atom stereocenters. The first kappa shape index (κ1) is 14.8. The van der Waals surface area contributed by atoms with Gasteiger partial charge in [0.1, 0.15) is 12.0 Å². The van der Waals surface area contributed by atoms with Crippen LogP contribution in [0, 0.1) is 6.92 Å². The Morgan fingerprint density at radius 3 is 2.79 bits per heavy atom. The van der Waals surface area contributed by atoms with Gasteiger partial charge in [0.15, 0.2) is 0 Å². The number of hydrogen-bond donors (Lipinski definition) is 1. The van der Waals surface area contributed by atoms with Crippen molar-refractivity contribution in [2.24, 2.45) is 0 Å². The number of anilines is 1. The predicted molar refractivity (Wildman–Crippen MR) is 94.2 cm³/mol. The first-order valence-electron chi connectivity index (χ1n) is 8.29. The molecule has 1 atom stereocenters. The number of benzene rings is 2. The van der Waals surface area contributed by atoms with E-state index in [0.29, 0.717) is 5.89 Å². The molecule has 1 aliphatic rings. The van der Waals surface area contributed by atoms with Crippen molar-refractivity contribution >= 4 is 5.69 Å². The van der Waals surface area contributed by atoms with Crippen molar-refractivity contribution in [1.82, 2.24) is 4.98 Å². The molecule has 4 nitrogen and oxygen atoms in total. The number of fused-ring (bicyclic) bond motifs is 1. The highest BCUT2D eigenvalue weighted by Gasteiger charge is 2.19. The van der Waals surface area contributed by atoms with Gasteiger partial charge in [-0.15, -0.1) is 0 Å². The van der Waals surface area contributed by atoms with E-state index in [-0.39, 0.29) is 6.04 Å². The molecule has 0 fully saturated rings. The van der Waals surface area contributed by atoms with Gasteiger partial charge in [0.05, 0.1) is 18.8 Å². The maximum atomic E-state index is 5.90. The van der Waals surface area contributed by atoms with Gasteiger partial charge >= 0.3 is 0 Å². The summed E-state index contributed by atoms with van der Waals surface area (Å²) in [5.41, 5.74) is 4.52. The SMILES string of the molecule is Cc1ccc2c(c1)OCCCC2Nc1ccc(-c2ncco2)cc1. The Kier molecular flexibility index (Phi) is 3.95. The van der Waals surface area contributed by atoms with Crippen LogP contribution in [-0.4, -0.2) is 11.6 Å². The second kappa shape index (κ2) is 6.40. The molecule has 0 amide bonds. The molecule has 1 aromatic heterocycles. The Labute approximate surface area is 141 Å². The normalized spacial score (nSPS) is 16.8. The van der Waals surface area contributed by atoms with Gasteiger partial charge in [0.25, 0.3) is 0 Å². The molecule has 2 aromatic carbocycles. The van der Waals surface area contributed by atoms with Crippen LogP contribution in [0.5, 0.6) is 5.75 Å². The summed E-state index contributed by atoms with van der Waals surface area (Å²) in [5.74, 6) is 1.65. The van der Waals surface area contributed by atoms with Gasteiger partial charge < -0.3 is 14.5 Å². The molecule has 2 heterocycles. The summed E-state index contributed by atoms with van der Waals surface area (Å²) in [6.07, 6.45) is 5.34. The maximum Gasteiger partial charge on any atom is 0.225 e. The molecule has 0 aliphatic carbocycles. The molecule has 122 valence electrons. The highest BCUT2D eigenvalue weighted by Crippen LogP contribution is 2.34. The lowest BCUT2D eigenvalue weighted by atomic mass is 10.00. The van der Waals surface area contributed by atoms with E-state index in [1.165, 1.54) is 11.1 Å². The molecule has 0 spiro atoms. The van der Waals surface area contributed by atoms with E-state index < -0.39 is 0 Å². The fourth-order valence-corrected chi connectivity index (χ4v) is 3.11. The summed E-state index contributed by atoms with van der Waals surface area (Å²) in [6, 6.07) is 14.9. The third-order valence-electron chi connectivity index (χ3n) is 4.34. The molecule has 0 radical (unpaired) electrons. The Balaban J connectivity index is 1.57. The fraction of sp³-hybridized carbons (Fsp3) is 0.250. The predicted octanol–water partition coefficient (Wildman–Crippen LogP) is 4.98. The van der Waals surface area contributed by atoms with Gasteiger partial charge in [-0.2, -0.15) is 0 Å². The highest BCUT2D eigenvalue weighted by atomic mass is 16.5. The fourth-order valence-electron chi connectivity index (χ4n) is 3.11. The largest absolute Gasteiger partial charge is 0.493 e. The number of oxazole rings is 1. The third-order valence-corrected chi connectivity index (χ3v) is 4.34. The highest BCUT2D eigenvalue weighted by molar-refractivity contribution is 5.59. The van der Waals surface area contributed by atoms with Crippen LogP contribution in [0.1, 0.15) is 30.0 Å². The zero-order valence-corrected chi connectivity index (χ0v) is 13.7. The molecule has 0 saturated heterocycles. The Morgan fingerprint density at radius 1 is 1.12 bits per heavy atom. The molecule has 4 heteroatoms. The number of aryl methyl sites for hydroxylation is 1. The van der Waals surface area contributed by atoms with Gasteiger partial charge in [-0.3, -0.25) is 0 Å². The topological polar surface area (TPSA) is 47.3 Å². The minimum Gasteiger partial charge on any atom is -0.493 e. The van der Waals surface area contributed by atoms with Crippen molar-refractivity contribution in [3.63, 3.8) is 0 Å². The molecule has 3 aromatic rings. The van der Waals surface area contributed by atoms with Crippen LogP contribution < -0.4 is 10.1 Å². The van der Waals surface area contributed by atoms with Crippen molar-refractivity contribution in [2.45, 2.75) is 25.8 Å². The third kappa shape index (κ3) is 3.00.